The van der Waals surface area contributed by atoms with Crippen molar-refractivity contribution in [3.8, 4) is 0 Å². The molecule has 56 valence electrons. The van der Waals surface area contributed by atoms with E-state index in [1.165, 1.54) is 11.2 Å². The van der Waals surface area contributed by atoms with E-state index in [4.69, 9.17) is 16.3 Å². The third-order valence-corrected chi connectivity index (χ3v) is 1.29. The van der Waals surface area contributed by atoms with Crippen molar-refractivity contribution in [3.63, 3.8) is 0 Å². The highest BCUT2D eigenvalue weighted by Crippen LogP contribution is 2.10. The zero-order chi connectivity index (χ0) is 7.56. The number of hydrogen-bond acceptors (Lipinski definition) is 4. The number of hydrazine groups is 1. The van der Waals surface area contributed by atoms with Gasteiger partial charge in [0.15, 0.2) is 0 Å². The molecule has 0 aromatic carbocycles. The highest BCUT2D eigenvalue weighted by atomic mass is 16.5. The molecule has 0 atom stereocenters. The average Bonchev–Trinajstić information content (AvgIpc) is 1.88. The van der Waals surface area contributed by atoms with E-state index in [0.717, 1.165) is 11.5 Å². The number of nitrogens with two attached hydrogens (primary N) is 2. The Morgan fingerprint density at radius 1 is 1.80 bits per heavy atom. The predicted molar refractivity (Wildman–Crippen MR) is 38.0 cm³/mol. The van der Waals surface area contributed by atoms with Gasteiger partial charge in [-0.05, 0) is 6.92 Å². The molecule has 0 spiro atoms. The van der Waals surface area contributed by atoms with E-state index in [0.29, 0.717) is 6.61 Å². The van der Waals surface area contributed by atoms with Gasteiger partial charge >= 0.3 is 0 Å². The van der Waals surface area contributed by atoms with Crippen molar-refractivity contribution in [3.05, 3.63) is 23.9 Å². The van der Waals surface area contributed by atoms with E-state index in [1.807, 2.05) is 6.92 Å². The Hall–Kier alpha value is -1.16. The molecule has 0 unspecified atom stereocenters. The normalized spacial score (nSPS) is 22.4. The van der Waals surface area contributed by atoms with Gasteiger partial charge in [0.05, 0.1) is 11.9 Å². The Kier molecular flexibility index (Phi) is 1.82. The predicted octanol–water partition coefficient (Wildman–Crippen LogP) is -0.146. The van der Waals surface area contributed by atoms with Crippen LogP contribution >= 0.6 is 0 Å². The van der Waals surface area contributed by atoms with Gasteiger partial charge in [-0.3, -0.25) is 5.01 Å². The Morgan fingerprint density at radius 2 is 2.50 bits per heavy atom. The summed E-state index contributed by atoms with van der Waals surface area (Å²) in [6.07, 6.45) is 3.12. The molecule has 0 saturated heterocycles. The van der Waals surface area contributed by atoms with Gasteiger partial charge in [0.2, 0.25) is 0 Å². The Bertz CT molecular complexity index is 185. The average molecular weight is 141 g/mol. The smallest absolute Gasteiger partial charge is 0.131 e. The molecule has 1 rings (SSSR count). The Morgan fingerprint density at radius 3 is 3.00 bits per heavy atom. The van der Waals surface area contributed by atoms with Gasteiger partial charge in [0.25, 0.3) is 0 Å². The molecule has 0 amide bonds. The van der Waals surface area contributed by atoms with E-state index >= 15 is 0 Å². The van der Waals surface area contributed by atoms with E-state index in [1.54, 1.807) is 6.20 Å². The molecule has 1 aliphatic rings. The van der Waals surface area contributed by atoms with Crippen LogP contribution in [0.3, 0.4) is 0 Å². The summed E-state index contributed by atoms with van der Waals surface area (Å²) in [6.45, 7) is 2.29. The fourth-order valence-electron chi connectivity index (χ4n) is 0.713. The quantitative estimate of drug-likeness (QED) is 0.460. The maximum atomic E-state index is 5.51. The highest BCUT2D eigenvalue weighted by Gasteiger charge is 2.09. The first-order valence-electron chi connectivity index (χ1n) is 3.00. The van der Waals surface area contributed by atoms with Crippen molar-refractivity contribution in [1.29, 1.82) is 0 Å². The van der Waals surface area contributed by atoms with Crippen LogP contribution in [0.1, 0.15) is 6.92 Å². The molecule has 4 heteroatoms. The molecular weight excluding hydrogens is 130 g/mol. The molecule has 0 radical (unpaired) electrons. The van der Waals surface area contributed by atoms with Crippen LogP contribution in [0.4, 0.5) is 0 Å². The maximum Gasteiger partial charge on any atom is 0.131 e. The molecular formula is C6H11N3O. The van der Waals surface area contributed by atoms with E-state index in [9.17, 15) is 0 Å². The molecule has 0 aliphatic carbocycles. The fraction of sp³-hybridized carbons (Fsp3) is 0.333. The molecule has 0 fully saturated rings. The van der Waals surface area contributed by atoms with Crippen molar-refractivity contribution in [2.45, 2.75) is 6.92 Å². The largest absolute Gasteiger partial charge is 0.490 e. The number of rotatable bonds is 0. The summed E-state index contributed by atoms with van der Waals surface area (Å²) >= 11 is 0. The third-order valence-electron chi connectivity index (χ3n) is 1.29. The zero-order valence-electron chi connectivity index (χ0n) is 5.87. The lowest BCUT2D eigenvalue weighted by Crippen LogP contribution is -2.31. The van der Waals surface area contributed by atoms with Crippen LogP contribution in [-0.2, 0) is 4.74 Å². The minimum Gasteiger partial charge on any atom is -0.490 e. The summed E-state index contributed by atoms with van der Waals surface area (Å²) < 4.78 is 5.14. The van der Waals surface area contributed by atoms with Crippen LogP contribution in [0.5, 0.6) is 0 Å². The fourth-order valence-corrected chi connectivity index (χ4v) is 0.713. The van der Waals surface area contributed by atoms with Crippen LogP contribution in [0.2, 0.25) is 0 Å². The van der Waals surface area contributed by atoms with Gasteiger partial charge in [0.1, 0.15) is 12.4 Å². The van der Waals surface area contributed by atoms with Crippen molar-refractivity contribution >= 4 is 0 Å². The molecule has 0 aromatic heterocycles. The second-order valence-electron chi connectivity index (χ2n) is 2.09. The number of allylic oxidation sites excluding steroid dienone is 1. The first-order valence-corrected chi connectivity index (χ1v) is 3.00. The molecule has 0 saturated carbocycles. The van der Waals surface area contributed by atoms with Gasteiger partial charge in [0, 0.05) is 6.20 Å². The Balaban J connectivity index is 2.73. The third kappa shape index (κ3) is 1.22. The summed E-state index contributed by atoms with van der Waals surface area (Å²) in [7, 11) is 0. The second-order valence-corrected chi connectivity index (χ2v) is 2.09. The van der Waals surface area contributed by atoms with Crippen LogP contribution in [0.25, 0.3) is 0 Å². The van der Waals surface area contributed by atoms with Gasteiger partial charge in [-0.2, -0.15) is 0 Å². The van der Waals surface area contributed by atoms with Crippen molar-refractivity contribution < 1.29 is 4.74 Å². The number of ether oxygens (including phenoxy) is 1. The van der Waals surface area contributed by atoms with E-state index in [-0.39, 0.29) is 0 Å². The van der Waals surface area contributed by atoms with Crippen molar-refractivity contribution in [2.24, 2.45) is 11.6 Å². The molecule has 1 aliphatic heterocycles. The second kappa shape index (κ2) is 2.62. The van der Waals surface area contributed by atoms with Crippen molar-refractivity contribution in [1.82, 2.24) is 5.01 Å². The standard InChI is InChI=1S/C6H11N3O/c1-5-3-9(8)6(2-7)4-10-5/h2-3H,4,7-8H2,1H3/b6-2-. The summed E-state index contributed by atoms with van der Waals surface area (Å²) in [5.74, 6) is 6.31. The molecule has 10 heavy (non-hydrogen) atoms. The van der Waals surface area contributed by atoms with Crippen LogP contribution in [-0.4, -0.2) is 11.6 Å². The van der Waals surface area contributed by atoms with Crippen LogP contribution in [0.15, 0.2) is 23.9 Å². The van der Waals surface area contributed by atoms with Crippen molar-refractivity contribution in [2.75, 3.05) is 6.61 Å². The number of nitrogens with zero attached hydrogens (tertiary/aromatic N) is 1. The zero-order valence-corrected chi connectivity index (χ0v) is 5.87. The molecule has 4 nitrogen and oxygen atoms in total. The minimum absolute atomic E-state index is 0.454. The molecule has 4 N–H and O–H groups in total. The van der Waals surface area contributed by atoms with Crippen LogP contribution < -0.4 is 11.6 Å². The first-order chi connectivity index (χ1) is 4.74. The first kappa shape index (κ1) is 6.95. The molecule has 0 aromatic rings. The number of hydrogen-bond donors (Lipinski definition) is 2. The van der Waals surface area contributed by atoms with Crippen LogP contribution in [0, 0.1) is 0 Å². The molecule has 1 heterocycles. The minimum atomic E-state index is 0.454. The summed E-state index contributed by atoms with van der Waals surface area (Å²) in [6, 6.07) is 0. The lowest BCUT2D eigenvalue weighted by Gasteiger charge is -2.23. The maximum absolute atomic E-state index is 5.51. The Labute approximate surface area is 59.7 Å². The summed E-state index contributed by atoms with van der Waals surface area (Å²) in [5.41, 5.74) is 6.02. The van der Waals surface area contributed by atoms with Gasteiger partial charge in [-0.15, -0.1) is 0 Å². The van der Waals surface area contributed by atoms with Gasteiger partial charge < -0.3 is 10.5 Å². The highest BCUT2D eigenvalue weighted by molar-refractivity contribution is 5.08. The summed E-state index contributed by atoms with van der Waals surface area (Å²) in [4.78, 5) is 0. The van der Waals surface area contributed by atoms with E-state index < -0.39 is 0 Å². The lowest BCUT2D eigenvalue weighted by molar-refractivity contribution is 0.183. The lowest BCUT2D eigenvalue weighted by atomic mass is 10.4. The SMILES string of the molecule is CC1=CN(N)/C(=C\N)CO1. The monoisotopic (exact) mass is 141 g/mol. The summed E-state index contributed by atoms with van der Waals surface area (Å²) in [5, 5.41) is 1.46. The van der Waals surface area contributed by atoms with Gasteiger partial charge in [-0.25, -0.2) is 5.84 Å². The molecule has 0 bridgehead atoms. The van der Waals surface area contributed by atoms with Gasteiger partial charge in [-0.1, -0.05) is 0 Å². The van der Waals surface area contributed by atoms with E-state index in [2.05, 4.69) is 0 Å². The topological polar surface area (TPSA) is 64.5 Å².